The quantitative estimate of drug-likeness (QED) is 0.0261. The fourth-order valence-electron chi connectivity index (χ4n) is 8.57. The highest BCUT2D eigenvalue weighted by atomic mass is 16.6. The predicted octanol–water partition coefficient (Wildman–Crippen LogP) is 20.7. The van der Waals surface area contributed by atoms with Crippen molar-refractivity contribution < 1.29 is 28.6 Å². The van der Waals surface area contributed by atoms with Crippen LogP contribution in [0.25, 0.3) is 0 Å². The molecule has 0 radical (unpaired) electrons. The molecule has 0 fully saturated rings. The highest BCUT2D eigenvalue weighted by Crippen LogP contribution is 2.17. The van der Waals surface area contributed by atoms with E-state index < -0.39 is 12.1 Å². The first kappa shape index (κ1) is 68.6. The van der Waals surface area contributed by atoms with Crippen molar-refractivity contribution in [2.75, 3.05) is 13.2 Å². The smallest absolute Gasteiger partial charge is 0.306 e. The van der Waals surface area contributed by atoms with Gasteiger partial charge in [0.25, 0.3) is 0 Å². The molecular weight excluding hydrogens is 889 g/mol. The molecule has 0 spiro atoms. The lowest BCUT2D eigenvalue weighted by Crippen LogP contribution is -2.30. The van der Waals surface area contributed by atoms with Crippen molar-refractivity contribution in [3.8, 4) is 0 Å². The highest BCUT2D eigenvalue weighted by molar-refractivity contribution is 5.71. The van der Waals surface area contributed by atoms with Gasteiger partial charge in [0, 0.05) is 19.3 Å². The summed E-state index contributed by atoms with van der Waals surface area (Å²) in [6.45, 7) is 6.45. The van der Waals surface area contributed by atoms with E-state index in [0.29, 0.717) is 19.3 Å². The van der Waals surface area contributed by atoms with Crippen LogP contribution < -0.4 is 0 Å². The summed E-state index contributed by atoms with van der Waals surface area (Å²) < 4.78 is 16.8. The predicted molar refractivity (Wildman–Crippen MR) is 311 cm³/mol. The Kier molecular flexibility index (Phi) is 57.3. The van der Waals surface area contributed by atoms with Crippen molar-refractivity contribution in [2.24, 2.45) is 0 Å². The molecule has 0 heterocycles. The number of ether oxygens (including phenoxy) is 3. The molecule has 0 aliphatic rings. The van der Waals surface area contributed by atoms with Crippen molar-refractivity contribution in [1.82, 2.24) is 0 Å². The number of esters is 3. The number of carbonyl (C=O) groups excluding carboxylic acids is 3. The maximum absolute atomic E-state index is 12.8. The Hall–Kier alpha value is -3.41. The van der Waals surface area contributed by atoms with Gasteiger partial charge in [0.1, 0.15) is 13.2 Å². The lowest BCUT2D eigenvalue weighted by Gasteiger charge is -2.18. The molecule has 0 amide bonds. The molecule has 414 valence electrons. The zero-order valence-electron chi connectivity index (χ0n) is 47.4. The van der Waals surface area contributed by atoms with Gasteiger partial charge in [-0.3, -0.25) is 14.4 Å². The molecule has 0 aromatic rings. The van der Waals surface area contributed by atoms with Crippen LogP contribution in [-0.2, 0) is 28.6 Å². The zero-order valence-corrected chi connectivity index (χ0v) is 47.4. The molecule has 0 bridgehead atoms. The standard InChI is InChI=1S/C66H114O6/c1-4-7-10-13-16-19-22-24-26-28-30-31-32-33-34-36-37-39-41-44-47-50-53-56-59-65(68)71-62-63(61-70-64(67)58-55-52-49-46-43-21-18-15-12-9-6-3)72-66(69)60-57-54-51-48-45-42-40-38-35-29-27-25-23-20-17-14-11-8-5-2/h8,11,15,17-18,20,25,27,35,38,42,45,51,54,63H,4-7,9-10,12-14,16,19,21-24,26,28-34,36-37,39-41,43-44,46-50,52-53,55-62H2,1-3H3/b11-8-,18-15-,20-17-,27-25-,38-35-,45-42-,54-51-. The van der Waals surface area contributed by atoms with Crippen molar-refractivity contribution in [1.29, 1.82) is 0 Å². The third-order valence-corrected chi connectivity index (χ3v) is 13.1. The Morgan fingerprint density at radius 3 is 0.944 bits per heavy atom. The maximum Gasteiger partial charge on any atom is 0.306 e. The van der Waals surface area contributed by atoms with Gasteiger partial charge in [-0.05, 0) is 77.0 Å². The summed E-state index contributed by atoms with van der Waals surface area (Å²) in [6.07, 6.45) is 79.0. The van der Waals surface area contributed by atoms with E-state index >= 15 is 0 Å². The summed E-state index contributed by atoms with van der Waals surface area (Å²) >= 11 is 0. The number of hydrogen-bond acceptors (Lipinski definition) is 6. The Labute approximate surface area is 445 Å². The lowest BCUT2D eigenvalue weighted by molar-refractivity contribution is -0.166. The molecule has 0 aliphatic heterocycles. The fraction of sp³-hybridized carbons (Fsp3) is 0.742. The van der Waals surface area contributed by atoms with Crippen LogP contribution in [0, 0.1) is 0 Å². The second-order valence-corrected chi connectivity index (χ2v) is 20.2. The van der Waals surface area contributed by atoms with Crippen LogP contribution in [0.15, 0.2) is 85.1 Å². The van der Waals surface area contributed by atoms with Gasteiger partial charge in [0.15, 0.2) is 6.10 Å². The van der Waals surface area contributed by atoms with Gasteiger partial charge in [-0.15, -0.1) is 0 Å². The largest absolute Gasteiger partial charge is 0.462 e. The van der Waals surface area contributed by atoms with Crippen LogP contribution in [0.4, 0.5) is 0 Å². The van der Waals surface area contributed by atoms with Crippen LogP contribution in [0.3, 0.4) is 0 Å². The van der Waals surface area contributed by atoms with Crippen molar-refractivity contribution in [3.05, 3.63) is 85.1 Å². The van der Waals surface area contributed by atoms with Gasteiger partial charge in [0.05, 0.1) is 0 Å². The van der Waals surface area contributed by atoms with Crippen molar-refractivity contribution in [2.45, 2.75) is 303 Å². The molecule has 0 aromatic heterocycles. The fourth-order valence-corrected chi connectivity index (χ4v) is 8.57. The summed E-state index contributed by atoms with van der Waals surface area (Å²) in [7, 11) is 0. The van der Waals surface area contributed by atoms with Gasteiger partial charge < -0.3 is 14.2 Å². The number of hydrogen-bond donors (Lipinski definition) is 0. The van der Waals surface area contributed by atoms with E-state index in [0.717, 1.165) is 89.9 Å². The van der Waals surface area contributed by atoms with Crippen LogP contribution in [0.5, 0.6) is 0 Å². The molecule has 1 unspecified atom stereocenters. The summed E-state index contributed by atoms with van der Waals surface area (Å²) in [5.74, 6) is -0.994. The van der Waals surface area contributed by atoms with Crippen LogP contribution in [0.1, 0.15) is 297 Å². The molecule has 6 nitrogen and oxygen atoms in total. The number of allylic oxidation sites excluding steroid dienone is 14. The SMILES string of the molecule is CC/C=C\C/C=C\C/C=C\C/C=C\C/C=C\C/C=C\CCC(=O)OC(COC(=O)CCCCCCC/C=C\CCCC)COC(=O)CCCCCCCCCCCCCCCCCCCCCCCCCC. The minimum Gasteiger partial charge on any atom is -0.462 e. The van der Waals surface area contributed by atoms with E-state index in [-0.39, 0.29) is 31.6 Å². The first-order chi connectivity index (χ1) is 35.5. The molecule has 0 aliphatic carbocycles. The summed E-state index contributed by atoms with van der Waals surface area (Å²) in [4.78, 5) is 38.1. The van der Waals surface area contributed by atoms with Crippen LogP contribution in [0.2, 0.25) is 0 Å². The van der Waals surface area contributed by atoms with Gasteiger partial charge in [-0.2, -0.15) is 0 Å². The minimum atomic E-state index is -0.819. The molecular formula is C66H114O6. The number of carbonyl (C=O) groups is 3. The van der Waals surface area contributed by atoms with E-state index in [2.05, 4.69) is 99.8 Å². The second-order valence-electron chi connectivity index (χ2n) is 20.2. The van der Waals surface area contributed by atoms with Crippen molar-refractivity contribution >= 4 is 17.9 Å². The summed E-state index contributed by atoms with van der Waals surface area (Å²) in [5, 5.41) is 0. The third kappa shape index (κ3) is 57.5. The molecule has 1 atom stereocenters. The molecule has 0 N–H and O–H groups in total. The third-order valence-electron chi connectivity index (χ3n) is 13.1. The van der Waals surface area contributed by atoms with E-state index in [1.807, 2.05) is 6.08 Å². The van der Waals surface area contributed by atoms with Crippen LogP contribution in [-0.4, -0.2) is 37.2 Å². The lowest BCUT2D eigenvalue weighted by atomic mass is 10.0. The number of unbranched alkanes of at least 4 members (excludes halogenated alkanes) is 30. The zero-order chi connectivity index (χ0) is 52.2. The average Bonchev–Trinajstić information content (AvgIpc) is 3.38. The molecule has 0 saturated carbocycles. The Balaban J connectivity index is 4.34. The van der Waals surface area contributed by atoms with Gasteiger partial charge in [0.2, 0.25) is 0 Å². The molecule has 0 rings (SSSR count). The second kappa shape index (κ2) is 60.1. The maximum atomic E-state index is 12.8. The normalized spacial score (nSPS) is 12.7. The van der Waals surface area contributed by atoms with Gasteiger partial charge in [-0.25, -0.2) is 0 Å². The van der Waals surface area contributed by atoms with E-state index in [1.54, 1.807) is 0 Å². The molecule has 6 heteroatoms. The monoisotopic (exact) mass is 1000 g/mol. The minimum absolute atomic E-state index is 0.107. The van der Waals surface area contributed by atoms with Crippen LogP contribution >= 0.6 is 0 Å². The first-order valence-electron chi connectivity index (χ1n) is 30.6. The Morgan fingerprint density at radius 1 is 0.292 bits per heavy atom. The van der Waals surface area contributed by atoms with Crippen molar-refractivity contribution in [3.63, 3.8) is 0 Å². The first-order valence-corrected chi connectivity index (χ1v) is 30.6. The topological polar surface area (TPSA) is 78.9 Å². The Bertz CT molecular complexity index is 1380. The van der Waals surface area contributed by atoms with Gasteiger partial charge >= 0.3 is 17.9 Å². The summed E-state index contributed by atoms with van der Waals surface area (Å²) in [6, 6.07) is 0. The molecule has 0 saturated heterocycles. The average molecular weight is 1000 g/mol. The van der Waals surface area contributed by atoms with E-state index in [4.69, 9.17) is 14.2 Å². The molecule has 0 aromatic carbocycles. The summed E-state index contributed by atoms with van der Waals surface area (Å²) in [5.41, 5.74) is 0. The van der Waals surface area contributed by atoms with Gasteiger partial charge in [-0.1, -0.05) is 286 Å². The number of rotatable bonds is 55. The highest BCUT2D eigenvalue weighted by Gasteiger charge is 2.19. The van der Waals surface area contributed by atoms with E-state index in [1.165, 1.54) is 161 Å². The molecule has 72 heavy (non-hydrogen) atoms. The Morgan fingerprint density at radius 2 is 0.583 bits per heavy atom. The van der Waals surface area contributed by atoms with E-state index in [9.17, 15) is 14.4 Å².